The number of nitrogens with zero attached hydrogens (tertiary/aromatic N) is 1. The van der Waals surface area contributed by atoms with Gasteiger partial charge in [0.2, 0.25) is 0 Å². The van der Waals surface area contributed by atoms with Crippen molar-refractivity contribution < 1.29 is 24.2 Å². The maximum Gasteiger partial charge on any atom is 0.300 e. The van der Waals surface area contributed by atoms with E-state index in [0.717, 1.165) is 17.2 Å². The predicted octanol–water partition coefficient (Wildman–Crippen LogP) is 4.77. The van der Waals surface area contributed by atoms with Gasteiger partial charge in [-0.1, -0.05) is 35.9 Å². The number of carbonyl (C=O) groups excluding carboxylic acids is 2. The standard InChI is InChI=1S/C25H20FNO4/c1-14-6-7-15(2)20(12-14)23(29)21-22(16-8-10-19(28)11-9-16)27(25(31)24(21)30)18-5-3-4-17(26)13-18/h3-13,22,28-29H,1-2H3/b23-21+. The van der Waals surface area contributed by atoms with Crippen LogP contribution >= 0.6 is 0 Å². The number of ketones is 1. The number of hydrogen-bond acceptors (Lipinski definition) is 4. The molecule has 1 saturated heterocycles. The Balaban J connectivity index is 1.99. The maximum atomic E-state index is 13.9. The summed E-state index contributed by atoms with van der Waals surface area (Å²) in [5, 5.41) is 20.9. The SMILES string of the molecule is Cc1ccc(C)c(/C(O)=C2\C(=O)C(=O)N(c3cccc(F)c3)C2c2ccc(O)cc2)c1. The molecule has 0 aliphatic carbocycles. The molecule has 0 bridgehead atoms. The van der Waals surface area contributed by atoms with E-state index in [9.17, 15) is 24.2 Å². The molecule has 0 radical (unpaired) electrons. The molecule has 3 aromatic rings. The van der Waals surface area contributed by atoms with Crippen molar-refractivity contribution in [2.75, 3.05) is 4.90 Å². The molecule has 1 unspecified atom stereocenters. The zero-order valence-corrected chi connectivity index (χ0v) is 17.0. The third kappa shape index (κ3) is 3.57. The van der Waals surface area contributed by atoms with Crippen molar-refractivity contribution in [2.45, 2.75) is 19.9 Å². The van der Waals surface area contributed by atoms with Gasteiger partial charge in [-0.15, -0.1) is 0 Å². The number of aliphatic hydroxyl groups is 1. The zero-order valence-electron chi connectivity index (χ0n) is 17.0. The zero-order chi connectivity index (χ0) is 22.3. The van der Waals surface area contributed by atoms with Crippen LogP contribution in [0.3, 0.4) is 0 Å². The second-order valence-corrected chi connectivity index (χ2v) is 7.56. The van der Waals surface area contributed by atoms with Gasteiger partial charge in [0.05, 0.1) is 11.6 Å². The smallest absolute Gasteiger partial charge is 0.300 e. The normalized spacial score (nSPS) is 17.9. The molecule has 1 heterocycles. The lowest BCUT2D eigenvalue weighted by atomic mass is 9.93. The lowest BCUT2D eigenvalue weighted by Crippen LogP contribution is -2.29. The Bertz CT molecular complexity index is 1230. The van der Waals surface area contributed by atoms with Gasteiger partial charge in [0.25, 0.3) is 11.7 Å². The van der Waals surface area contributed by atoms with Crippen molar-refractivity contribution >= 4 is 23.1 Å². The number of aliphatic hydroxyl groups excluding tert-OH is 1. The van der Waals surface area contributed by atoms with Gasteiger partial charge < -0.3 is 10.2 Å². The van der Waals surface area contributed by atoms with E-state index >= 15 is 0 Å². The molecule has 156 valence electrons. The third-order valence-electron chi connectivity index (χ3n) is 5.39. The fourth-order valence-electron chi connectivity index (χ4n) is 3.83. The second-order valence-electron chi connectivity index (χ2n) is 7.56. The van der Waals surface area contributed by atoms with Gasteiger partial charge in [-0.2, -0.15) is 0 Å². The van der Waals surface area contributed by atoms with Crippen LogP contribution in [0.25, 0.3) is 5.76 Å². The summed E-state index contributed by atoms with van der Waals surface area (Å²) in [7, 11) is 0. The summed E-state index contributed by atoms with van der Waals surface area (Å²) in [6, 6.07) is 15.8. The second kappa shape index (κ2) is 7.72. The third-order valence-corrected chi connectivity index (χ3v) is 5.39. The summed E-state index contributed by atoms with van der Waals surface area (Å²) < 4.78 is 13.9. The Labute approximate surface area is 178 Å². The van der Waals surface area contributed by atoms with Gasteiger partial charge in [-0.3, -0.25) is 14.5 Å². The van der Waals surface area contributed by atoms with Gasteiger partial charge in [-0.25, -0.2) is 4.39 Å². The first-order valence-electron chi connectivity index (χ1n) is 9.71. The molecule has 5 nitrogen and oxygen atoms in total. The van der Waals surface area contributed by atoms with Crippen molar-refractivity contribution in [3.8, 4) is 5.75 Å². The number of aryl methyl sites for hydroxylation is 2. The Morgan fingerprint density at radius 3 is 2.35 bits per heavy atom. The van der Waals surface area contributed by atoms with Crippen molar-refractivity contribution in [1.82, 2.24) is 0 Å². The van der Waals surface area contributed by atoms with Crippen LogP contribution in [0.4, 0.5) is 10.1 Å². The van der Waals surface area contributed by atoms with Gasteiger partial charge in [0.15, 0.2) is 0 Å². The molecular weight excluding hydrogens is 397 g/mol. The van der Waals surface area contributed by atoms with Crippen LogP contribution in [0, 0.1) is 19.7 Å². The summed E-state index contributed by atoms with van der Waals surface area (Å²) in [6.07, 6.45) is 0. The number of hydrogen-bond donors (Lipinski definition) is 2. The molecule has 1 aliphatic rings. The number of phenols is 1. The van der Waals surface area contributed by atoms with Crippen LogP contribution in [-0.2, 0) is 9.59 Å². The molecule has 0 spiro atoms. The van der Waals surface area contributed by atoms with E-state index in [-0.39, 0.29) is 22.8 Å². The van der Waals surface area contributed by atoms with Gasteiger partial charge in [-0.05, 0) is 61.4 Å². The van der Waals surface area contributed by atoms with E-state index in [1.54, 1.807) is 25.1 Å². The number of Topliss-reactive ketones (excluding diaryl/α,β-unsaturated/α-hetero) is 1. The largest absolute Gasteiger partial charge is 0.508 e. The lowest BCUT2D eigenvalue weighted by Gasteiger charge is -2.25. The molecule has 1 aliphatic heterocycles. The molecule has 0 aromatic heterocycles. The number of benzene rings is 3. The number of amides is 1. The summed E-state index contributed by atoms with van der Waals surface area (Å²) >= 11 is 0. The van der Waals surface area contributed by atoms with Gasteiger partial charge >= 0.3 is 0 Å². The number of halogens is 1. The topological polar surface area (TPSA) is 77.8 Å². The number of carbonyl (C=O) groups is 2. The first kappa shape index (κ1) is 20.3. The Kier molecular flexibility index (Phi) is 5.07. The van der Waals surface area contributed by atoms with Crippen LogP contribution in [0.5, 0.6) is 5.75 Å². The molecule has 1 fully saturated rings. The van der Waals surface area contributed by atoms with Crippen molar-refractivity contribution in [3.05, 3.63) is 100 Å². The average molecular weight is 417 g/mol. The monoisotopic (exact) mass is 417 g/mol. The number of rotatable bonds is 3. The van der Waals surface area contributed by atoms with E-state index in [4.69, 9.17) is 0 Å². The average Bonchev–Trinajstić information content (AvgIpc) is 3.01. The summed E-state index contributed by atoms with van der Waals surface area (Å²) in [4.78, 5) is 27.3. The Morgan fingerprint density at radius 1 is 0.968 bits per heavy atom. The van der Waals surface area contributed by atoms with Gasteiger partial charge in [0, 0.05) is 11.3 Å². The number of phenolic OH excluding ortho intramolecular Hbond substituents is 1. The first-order valence-corrected chi connectivity index (χ1v) is 9.71. The molecule has 4 rings (SSSR count). The number of aromatic hydroxyl groups is 1. The molecule has 2 N–H and O–H groups in total. The fourth-order valence-corrected chi connectivity index (χ4v) is 3.83. The van der Waals surface area contributed by atoms with Crippen LogP contribution in [0.1, 0.15) is 28.3 Å². The molecule has 1 atom stereocenters. The van der Waals surface area contributed by atoms with Gasteiger partial charge in [0.1, 0.15) is 17.3 Å². The summed E-state index contributed by atoms with van der Waals surface area (Å²) in [5.41, 5.74) is 2.67. The minimum atomic E-state index is -0.984. The fraction of sp³-hybridized carbons (Fsp3) is 0.120. The maximum absolute atomic E-state index is 13.9. The Hall–Kier alpha value is -3.93. The minimum Gasteiger partial charge on any atom is -0.508 e. The highest BCUT2D eigenvalue weighted by atomic mass is 19.1. The summed E-state index contributed by atoms with van der Waals surface area (Å²) in [5.74, 6) is -2.56. The Morgan fingerprint density at radius 2 is 1.68 bits per heavy atom. The molecule has 31 heavy (non-hydrogen) atoms. The highest BCUT2D eigenvalue weighted by Gasteiger charge is 2.47. The molecule has 3 aromatic carbocycles. The molecule has 6 heteroatoms. The number of anilines is 1. The highest BCUT2D eigenvalue weighted by molar-refractivity contribution is 6.51. The quantitative estimate of drug-likeness (QED) is 0.365. The van der Waals surface area contributed by atoms with Crippen molar-refractivity contribution in [2.24, 2.45) is 0 Å². The van der Waals surface area contributed by atoms with Crippen LogP contribution in [-0.4, -0.2) is 21.9 Å². The van der Waals surface area contributed by atoms with E-state index in [1.807, 2.05) is 19.1 Å². The van der Waals surface area contributed by atoms with E-state index in [0.29, 0.717) is 11.1 Å². The van der Waals surface area contributed by atoms with Crippen LogP contribution in [0.15, 0.2) is 72.3 Å². The molecule has 1 amide bonds. The minimum absolute atomic E-state index is 0.0148. The van der Waals surface area contributed by atoms with Crippen LogP contribution in [0.2, 0.25) is 0 Å². The summed E-state index contributed by atoms with van der Waals surface area (Å²) in [6.45, 7) is 3.66. The van der Waals surface area contributed by atoms with Crippen LogP contribution < -0.4 is 4.90 Å². The predicted molar refractivity (Wildman–Crippen MR) is 115 cm³/mol. The van der Waals surface area contributed by atoms with E-state index < -0.39 is 23.5 Å². The molecule has 0 saturated carbocycles. The van der Waals surface area contributed by atoms with E-state index in [1.165, 1.54) is 35.2 Å². The lowest BCUT2D eigenvalue weighted by molar-refractivity contribution is -0.132. The van der Waals surface area contributed by atoms with Crippen molar-refractivity contribution in [3.63, 3.8) is 0 Å². The highest BCUT2D eigenvalue weighted by Crippen LogP contribution is 2.42. The van der Waals surface area contributed by atoms with Crippen molar-refractivity contribution in [1.29, 1.82) is 0 Å². The first-order chi connectivity index (χ1) is 14.8. The van der Waals surface area contributed by atoms with E-state index in [2.05, 4.69) is 0 Å². The molecular formula is C25H20FNO4.